The Bertz CT molecular complexity index is 1060. The number of benzene rings is 1. The van der Waals surface area contributed by atoms with E-state index in [0.717, 1.165) is 18.4 Å². The fraction of sp³-hybridized carbons (Fsp3) is 0.409. The maximum Gasteiger partial charge on any atom is 0.233 e. The van der Waals surface area contributed by atoms with E-state index in [1.165, 1.54) is 17.6 Å². The number of piperidine rings is 1. The Hall–Kier alpha value is -2.52. The second-order valence-electron chi connectivity index (χ2n) is 7.58. The summed E-state index contributed by atoms with van der Waals surface area (Å²) in [5.74, 6) is -0.241. The van der Waals surface area contributed by atoms with Crippen molar-refractivity contribution in [2.24, 2.45) is 5.92 Å². The zero-order valence-electron chi connectivity index (χ0n) is 17.8. The lowest BCUT2D eigenvalue weighted by atomic mass is 9.96. The minimum Gasteiger partial charge on any atom is -0.342 e. The van der Waals surface area contributed by atoms with Crippen LogP contribution in [0.15, 0.2) is 47.2 Å². The molecule has 0 aliphatic carbocycles. The van der Waals surface area contributed by atoms with Gasteiger partial charge in [-0.2, -0.15) is 0 Å². The van der Waals surface area contributed by atoms with Gasteiger partial charge in [0.15, 0.2) is 15.0 Å². The highest BCUT2D eigenvalue weighted by molar-refractivity contribution is 7.90. The largest absolute Gasteiger partial charge is 0.342 e. The molecule has 1 saturated heterocycles. The summed E-state index contributed by atoms with van der Waals surface area (Å²) in [6, 6.07) is 6.53. The van der Waals surface area contributed by atoms with Crippen LogP contribution in [-0.4, -0.2) is 56.0 Å². The van der Waals surface area contributed by atoms with Crippen molar-refractivity contribution in [1.82, 2.24) is 9.88 Å². The molecule has 3 rings (SSSR count). The molecular weight excluding hydrogens is 434 g/mol. The highest BCUT2D eigenvalue weighted by Gasteiger charge is 2.32. The van der Waals surface area contributed by atoms with E-state index in [4.69, 9.17) is 0 Å². The Labute approximate surface area is 187 Å². The van der Waals surface area contributed by atoms with Crippen molar-refractivity contribution in [2.75, 3.05) is 30.8 Å². The molecule has 0 bridgehead atoms. The quantitative estimate of drug-likeness (QED) is 0.590. The molecule has 0 saturated carbocycles. The average Bonchev–Trinajstić information content (AvgIpc) is 3.26. The van der Waals surface area contributed by atoms with Crippen molar-refractivity contribution < 1.29 is 18.0 Å². The van der Waals surface area contributed by atoms with E-state index in [9.17, 15) is 18.0 Å². The fourth-order valence-corrected chi connectivity index (χ4v) is 5.11. The molecule has 1 fully saturated rings. The van der Waals surface area contributed by atoms with Crippen LogP contribution in [0.3, 0.4) is 0 Å². The molecule has 2 amide bonds. The van der Waals surface area contributed by atoms with Crippen molar-refractivity contribution in [2.45, 2.75) is 31.1 Å². The Balaban J connectivity index is 1.80. The second-order valence-corrected chi connectivity index (χ2v) is 10.4. The highest BCUT2D eigenvalue weighted by atomic mass is 32.2. The van der Waals surface area contributed by atoms with E-state index in [-0.39, 0.29) is 22.6 Å². The number of aromatic nitrogens is 1. The Kier molecular flexibility index (Phi) is 7.27. The highest BCUT2D eigenvalue weighted by Crippen LogP contribution is 2.30. The number of carbonyl (C=O) groups excluding carboxylic acids is 2. The van der Waals surface area contributed by atoms with Crippen LogP contribution in [0, 0.1) is 5.92 Å². The van der Waals surface area contributed by atoms with Gasteiger partial charge in [0.05, 0.1) is 16.5 Å². The third-order valence-corrected chi connectivity index (χ3v) is 7.30. The van der Waals surface area contributed by atoms with Crippen LogP contribution in [0.2, 0.25) is 0 Å². The Morgan fingerprint density at radius 2 is 2.03 bits per heavy atom. The number of hydrogen-bond acceptors (Lipinski definition) is 6. The minimum absolute atomic E-state index is 0.0539. The Morgan fingerprint density at radius 1 is 1.32 bits per heavy atom. The molecule has 166 valence electrons. The smallest absolute Gasteiger partial charge is 0.233 e. The number of amides is 2. The van der Waals surface area contributed by atoms with Gasteiger partial charge in [-0.1, -0.05) is 25.1 Å². The first-order valence-electron chi connectivity index (χ1n) is 10.2. The van der Waals surface area contributed by atoms with Gasteiger partial charge in [-0.3, -0.25) is 14.5 Å². The maximum atomic E-state index is 13.3. The van der Waals surface area contributed by atoms with Gasteiger partial charge in [-0.05, 0) is 25.0 Å². The molecule has 1 aliphatic rings. The van der Waals surface area contributed by atoms with E-state index in [1.807, 2.05) is 12.3 Å². The summed E-state index contributed by atoms with van der Waals surface area (Å²) in [5.41, 5.74) is 1.45. The molecule has 2 heterocycles. The first kappa shape index (κ1) is 23.1. The number of nitrogens with zero attached hydrogens (tertiary/aromatic N) is 3. The van der Waals surface area contributed by atoms with E-state index in [1.54, 1.807) is 40.1 Å². The van der Waals surface area contributed by atoms with Crippen molar-refractivity contribution in [3.8, 4) is 11.3 Å². The van der Waals surface area contributed by atoms with Crippen molar-refractivity contribution in [3.63, 3.8) is 0 Å². The molecule has 31 heavy (non-hydrogen) atoms. The topological polar surface area (TPSA) is 87.7 Å². The van der Waals surface area contributed by atoms with Crippen molar-refractivity contribution >= 4 is 38.1 Å². The molecule has 9 heteroatoms. The van der Waals surface area contributed by atoms with Gasteiger partial charge < -0.3 is 4.90 Å². The minimum atomic E-state index is -3.26. The first-order chi connectivity index (χ1) is 14.7. The number of rotatable bonds is 7. The second kappa shape index (κ2) is 9.74. The average molecular weight is 462 g/mol. The fourth-order valence-electron chi connectivity index (χ4n) is 3.63. The normalized spacial score (nSPS) is 16.7. The summed E-state index contributed by atoms with van der Waals surface area (Å²) in [5, 5.41) is 2.41. The van der Waals surface area contributed by atoms with E-state index >= 15 is 0 Å². The molecule has 1 aromatic heterocycles. The molecule has 0 spiro atoms. The summed E-state index contributed by atoms with van der Waals surface area (Å²) in [6.07, 6.45) is 4.82. The van der Waals surface area contributed by atoms with Crippen LogP contribution in [0.4, 0.5) is 5.13 Å². The SMILES string of the molecule is C=CCN(C(=O)[C@@H]1CCCN(C(=O)CC)C1)c1nc(-c2ccc(S(C)(=O)=O)cc2)cs1. The third kappa shape index (κ3) is 5.40. The number of likely N-dealkylation sites (tertiary alicyclic amines) is 1. The van der Waals surface area contributed by atoms with E-state index in [0.29, 0.717) is 36.9 Å². The molecule has 1 aromatic carbocycles. The monoisotopic (exact) mass is 461 g/mol. The summed E-state index contributed by atoms with van der Waals surface area (Å²) in [7, 11) is -3.26. The molecule has 0 radical (unpaired) electrons. The van der Waals surface area contributed by atoms with Crippen LogP contribution in [0.5, 0.6) is 0 Å². The summed E-state index contributed by atoms with van der Waals surface area (Å²) < 4.78 is 23.3. The van der Waals surface area contributed by atoms with Gasteiger partial charge in [-0.15, -0.1) is 17.9 Å². The lowest BCUT2D eigenvalue weighted by Gasteiger charge is -2.34. The van der Waals surface area contributed by atoms with Gasteiger partial charge >= 0.3 is 0 Å². The van der Waals surface area contributed by atoms with Crippen LogP contribution in [-0.2, 0) is 19.4 Å². The van der Waals surface area contributed by atoms with Crippen LogP contribution < -0.4 is 4.90 Å². The van der Waals surface area contributed by atoms with Gasteiger partial charge in [0, 0.05) is 43.3 Å². The number of carbonyl (C=O) groups is 2. The lowest BCUT2D eigenvalue weighted by molar-refractivity contribution is -0.134. The molecule has 1 atom stereocenters. The van der Waals surface area contributed by atoms with Crippen molar-refractivity contribution in [1.29, 1.82) is 0 Å². The summed E-state index contributed by atoms with van der Waals surface area (Å²) in [4.78, 5) is 33.6. The molecule has 7 nitrogen and oxygen atoms in total. The van der Waals surface area contributed by atoms with Gasteiger partial charge in [0.1, 0.15) is 0 Å². The number of anilines is 1. The molecular formula is C22H27N3O4S2. The predicted molar refractivity (Wildman–Crippen MR) is 123 cm³/mol. The first-order valence-corrected chi connectivity index (χ1v) is 13.0. The van der Waals surface area contributed by atoms with Gasteiger partial charge in [0.25, 0.3) is 0 Å². The van der Waals surface area contributed by atoms with Gasteiger partial charge in [0.2, 0.25) is 11.8 Å². The molecule has 0 N–H and O–H groups in total. The maximum absolute atomic E-state index is 13.3. The Morgan fingerprint density at radius 3 is 2.65 bits per heavy atom. The zero-order valence-corrected chi connectivity index (χ0v) is 19.4. The molecule has 2 aromatic rings. The summed E-state index contributed by atoms with van der Waals surface area (Å²) in [6.45, 7) is 7.06. The van der Waals surface area contributed by atoms with Crippen molar-refractivity contribution in [3.05, 3.63) is 42.3 Å². The third-order valence-electron chi connectivity index (χ3n) is 5.30. The van der Waals surface area contributed by atoms with Gasteiger partial charge in [-0.25, -0.2) is 13.4 Å². The summed E-state index contributed by atoms with van der Waals surface area (Å²) >= 11 is 1.35. The van der Waals surface area contributed by atoms with E-state index < -0.39 is 9.84 Å². The lowest BCUT2D eigenvalue weighted by Crippen LogP contribution is -2.46. The number of sulfone groups is 1. The number of thiazole rings is 1. The molecule has 0 unspecified atom stereocenters. The standard InChI is InChI=1S/C22H27N3O4S2/c1-4-12-25(21(27)17-7-6-13-24(14-17)20(26)5-2)22-23-19(15-30-22)16-8-10-18(11-9-16)31(3,28)29/h4,8-11,15,17H,1,5-7,12-14H2,2-3H3/t17-/m1/s1. The van der Waals surface area contributed by atoms with Crippen LogP contribution in [0.25, 0.3) is 11.3 Å². The zero-order chi connectivity index (χ0) is 22.6. The van der Waals surface area contributed by atoms with Crippen LogP contribution in [0.1, 0.15) is 26.2 Å². The predicted octanol–water partition coefficient (Wildman–Crippen LogP) is 3.38. The molecule has 1 aliphatic heterocycles. The number of hydrogen-bond donors (Lipinski definition) is 0. The van der Waals surface area contributed by atoms with E-state index in [2.05, 4.69) is 11.6 Å². The van der Waals surface area contributed by atoms with Crippen LogP contribution >= 0.6 is 11.3 Å².